The molecule has 0 aromatic rings. The summed E-state index contributed by atoms with van der Waals surface area (Å²) in [5.41, 5.74) is 0. The molecule has 0 saturated heterocycles. The van der Waals surface area contributed by atoms with Gasteiger partial charge < -0.3 is 2.85 Å². The molecule has 0 aromatic heterocycles. The van der Waals surface area contributed by atoms with E-state index in [0.717, 1.165) is 0 Å². The summed E-state index contributed by atoms with van der Waals surface area (Å²) in [6, 6.07) is 0. The average Bonchev–Trinajstić information content (AvgIpc) is 0. The zero-order chi connectivity index (χ0) is 0. The van der Waals surface area contributed by atoms with Crippen molar-refractivity contribution in [2.45, 2.75) is 0 Å². The second-order valence-corrected chi connectivity index (χ2v) is 0. The molecule has 0 nitrogen and oxygen atoms in total. The Bertz CT molecular complexity index is 13.5. The molecule has 0 atom stereocenters. The van der Waals surface area contributed by atoms with Crippen LogP contribution in [0.25, 0.3) is 0 Å². The van der Waals surface area contributed by atoms with Crippen molar-refractivity contribution in [1.29, 1.82) is 0 Å². The molecule has 0 aliphatic heterocycles. The maximum absolute atomic E-state index is 0. The van der Waals surface area contributed by atoms with Crippen LogP contribution >= 0.6 is 0 Å². The summed E-state index contributed by atoms with van der Waals surface area (Å²) in [5, 5.41) is 0. The summed E-state index contributed by atoms with van der Waals surface area (Å²) in [5.74, 6) is 0. The molecule has 0 N–H and O–H groups in total. The van der Waals surface area contributed by atoms with E-state index in [4.69, 9.17) is 0 Å². The van der Waals surface area contributed by atoms with Gasteiger partial charge in [-0.05, 0) is 11.0 Å². The van der Waals surface area contributed by atoms with E-state index >= 15 is 0 Å². The van der Waals surface area contributed by atoms with Crippen molar-refractivity contribution in [3.8, 4) is 0 Å². The Morgan fingerprint density at radius 1 is 1.25 bits per heavy atom. The standard InChI is InChI=1S/Au.Mg.H3Si.Sn.4H/h;;1H3;;;;;/q;+2;;;;;2*-1. The number of hydrogen-bond acceptors (Lipinski definition) is 0. The fraction of sp³-hybridized carbons (Fsp3) is 0. The Labute approximate surface area is 82.1 Å². The van der Waals surface area contributed by atoms with Crippen molar-refractivity contribution in [3.63, 3.8) is 0 Å². The molecule has 0 heterocycles. The van der Waals surface area contributed by atoms with Crippen LogP contribution in [-0.2, 0) is 22.4 Å². The molecule has 0 spiro atoms. The first-order valence-corrected chi connectivity index (χ1v) is 0. The molecule has 0 aliphatic rings. The van der Waals surface area contributed by atoms with Crippen molar-refractivity contribution < 1.29 is 25.2 Å². The SMILES string of the molecule is [Au].[H-].[H-].[Mg+2].[SiH3].[SnH2]. The maximum atomic E-state index is 0. The Balaban J connectivity index is 0. The third-order valence-corrected chi connectivity index (χ3v) is 0. The van der Waals surface area contributed by atoms with E-state index in [0.29, 0.717) is 0 Å². The third kappa shape index (κ3) is 8.82. The summed E-state index contributed by atoms with van der Waals surface area (Å²) in [4.78, 5) is 0. The fourth-order valence-electron chi connectivity index (χ4n) is 0. The van der Waals surface area contributed by atoms with E-state index in [2.05, 4.69) is 0 Å². The van der Waals surface area contributed by atoms with Crippen LogP contribution in [-0.4, -0.2) is 57.9 Å². The van der Waals surface area contributed by atoms with E-state index in [1.54, 1.807) is 0 Å². The molecule has 0 unspecified atom stereocenters. The fourth-order valence-corrected chi connectivity index (χ4v) is 0. The number of rotatable bonds is 0. The van der Waals surface area contributed by atoms with Crippen LogP contribution in [0.4, 0.5) is 0 Å². The van der Waals surface area contributed by atoms with E-state index in [1.165, 1.54) is 0 Å². The molecular formula is H7AuMgSiSn. The van der Waals surface area contributed by atoms with Crippen LogP contribution in [0.1, 0.15) is 2.85 Å². The Morgan fingerprint density at radius 2 is 1.25 bits per heavy atom. The number of hydrogen-bond donors (Lipinski definition) is 0. The van der Waals surface area contributed by atoms with Gasteiger partial charge in [-0.3, -0.25) is 0 Å². The van der Waals surface area contributed by atoms with Crippen molar-refractivity contribution >= 4 is 57.9 Å². The average molecular weight is 375 g/mol. The minimum absolute atomic E-state index is 0. The summed E-state index contributed by atoms with van der Waals surface area (Å²) in [6.07, 6.45) is 0. The van der Waals surface area contributed by atoms with Crippen molar-refractivity contribution in [2.24, 2.45) is 0 Å². The molecule has 0 saturated carbocycles. The van der Waals surface area contributed by atoms with Gasteiger partial charge >= 0.3 is 47.0 Å². The predicted octanol–water partition coefficient (Wildman–Crippen LogP) is -2.26. The monoisotopic (exact) mass is 376 g/mol. The van der Waals surface area contributed by atoms with Gasteiger partial charge in [-0.1, -0.05) is 0 Å². The van der Waals surface area contributed by atoms with Crippen LogP contribution < -0.4 is 0 Å². The molecule has 0 rings (SSSR count). The van der Waals surface area contributed by atoms with Crippen molar-refractivity contribution in [2.75, 3.05) is 0 Å². The van der Waals surface area contributed by atoms with Crippen LogP contribution in [0.2, 0.25) is 0 Å². The van der Waals surface area contributed by atoms with E-state index in [9.17, 15) is 0 Å². The van der Waals surface area contributed by atoms with Gasteiger partial charge in [-0.2, -0.15) is 0 Å². The van der Waals surface area contributed by atoms with E-state index in [-0.39, 0.29) is 83.2 Å². The Hall–Kier alpha value is 2.52. The second-order valence-electron chi connectivity index (χ2n) is 0. The van der Waals surface area contributed by atoms with Crippen molar-refractivity contribution in [1.82, 2.24) is 0 Å². The molecule has 4 heavy (non-hydrogen) atoms. The minimum atomic E-state index is 0. The molecule has 0 aromatic carbocycles. The van der Waals surface area contributed by atoms with Crippen LogP contribution in [0.15, 0.2) is 0 Å². The van der Waals surface area contributed by atoms with Gasteiger partial charge in [0, 0.05) is 22.4 Å². The second kappa shape index (κ2) is 17.8. The van der Waals surface area contributed by atoms with Gasteiger partial charge in [0.25, 0.3) is 0 Å². The molecule has 0 aliphatic carbocycles. The first kappa shape index (κ1) is 31.3. The summed E-state index contributed by atoms with van der Waals surface area (Å²) in [7, 11) is 0. The van der Waals surface area contributed by atoms with Gasteiger partial charge in [0.2, 0.25) is 0 Å². The predicted molar refractivity (Wildman–Crippen MR) is 26.5 cm³/mol. The van der Waals surface area contributed by atoms with Crippen LogP contribution in [0.5, 0.6) is 0 Å². The quantitative estimate of drug-likeness (QED) is 0.420. The van der Waals surface area contributed by atoms with Gasteiger partial charge in [-0.25, -0.2) is 0 Å². The molecule has 4 heteroatoms. The van der Waals surface area contributed by atoms with E-state index in [1.807, 2.05) is 0 Å². The van der Waals surface area contributed by atoms with Crippen molar-refractivity contribution in [3.05, 3.63) is 0 Å². The summed E-state index contributed by atoms with van der Waals surface area (Å²) in [6.45, 7) is 0. The normalized spacial score (nSPS) is 0. The Kier molecular flexibility index (Phi) is 139. The molecule has 0 amide bonds. The van der Waals surface area contributed by atoms with Gasteiger partial charge in [-0.15, -0.1) is 0 Å². The van der Waals surface area contributed by atoms with Crippen LogP contribution in [0.3, 0.4) is 0 Å². The molecular weight excluding hydrogens is 368 g/mol. The topological polar surface area (TPSA) is 0 Å². The van der Waals surface area contributed by atoms with E-state index < -0.39 is 0 Å². The zero-order valence-electron chi connectivity index (χ0n) is 4.72. The van der Waals surface area contributed by atoms with Gasteiger partial charge in [0.1, 0.15) is 0 Å². The molecule has 0 fully saturated rings. The molecule has 28 valence electrons. The molecule has 4 radical (unpaired) electrons. The molecule has 0 bridgehead atoms. The first-order chi connectivity index (χ1) is 0. The van der Waals surface area contributed by atoms with Gasteiger partial charge in [0.05, 0.1) is 0 Å². The third-order valence-electron chi connectivity index (χ3n) is 0. The summed E-state index contributed by atoms with van der Waals surface area (Å²) >= 11 is 0. The van der Waals surface area contributed by atoms with Crippen LogP contribution in [0, 0.1) is 0 Å². The summed E-state index contributed by atoms with van der Waals surface area (Å²) < 4.78 is 0. The zero-order valence-corrected chi connectivity index (χ0v) is 12.3. The first-order valence-electron chi connectivity index (χ1n) is 0. The Morgan fingerprint density at radius 3 is 1.25 bits per heavy atom. The van der Waals surface area contributed by atoms with Gasteiger partial charge in [0.15, 0.2) is 0 Å².